The summed E-state index contributed by atoms with van der Waals surface area (Å²) in [6.45, 7) is 2.67. The fourth-order valence-electron chi connectivity index (χ4n) is 2.78. The predicted octanol–water partition coefficient (Wildman–Crippen LogP) is 2.64. The first-order valence-electron chi connectivity index (χ1n) is 7.24. The lowest BCUT2D eigenvalue weighted by Crippen LogP contribution is -2.42. The summed E-state index contributed by atoms with van der Waals surface area (Å²) in [6.07, 6.45) is 1.52. The molecule has 0 radical (unpaired) electrons. The van der Waals surface area contributed by atoms with Gasteiger partial charge in [-0.15, -0.1) is 0 Å². The second-order valence-corrected chi connectivity index (χ2v) is 5.64. The van der Waals surface area contributed by atoms with Gasteiger partial charge in [0.2, 0.25) is 5.91 Å². The van der Waals surface area contributed by atoms with Crippen molar-refractivity contribution >= 4 is 11.9 Å². The minimum Gasteiger partial charge on any atom is -0.481 e. The number of likely N-dealkylation sites (tertiary alicyclic amines) is 1. The van der Waals surface area contributed by atoms with Crippen LogP contribution >= 0.6 is 0 Å². The first kappa shape index (κ1) is 15.5. The van der Waals surface area contributed by atoms with Crippen molar-refractivity contribution in [2.45, 2.75) is 32.1 Å². The number of carbonyl (C=O) groups excluding carboxylic acids is 1. The Balaban J connectivity index is 1.98. The maximum absolute atomic E-state index is 13.7. The molecule has 1 aromatic carbocycles. The minimum absolute atomic E-state index is 0.100. The molecule has 1 aromatic rings. The van der Waals surface area contributed by atoms with E-state index in [9.17, 15) is 14.0 Å². The van der Waals surface area contributed by atoms with E-state index < -0.39 is 11.9 Å². The van der Waals surface area contributed by atoms with Gasteiger partial charge in [0, 0.05) is 19.5 Å². The molecule has 1 N–H and O–H groups in total. The highest BCUT2D eigenvalue weighted by molar-refractivity contribution is 5.78. The smallest absolute Gasteiger partial charge is 0.308 e. The van der Waals surface area contributed by atoms with E-state index in [0.29, 0.717) is 24.9 Å². The molecule has 1 amide bonds. The van der Waals surface area contributed by atoms with E-state index in [1.165, 1.54) is 6.07 Å². The quantitative estimate of drug-likeness (QED) is 0.928. The second-order valence-electron chi connectivity index (χ2n) is 5.64. The Morgan fingerprint density at radius 1 is 1.43 bits per heavy atom. The molecule has 0 bridgehead atoms. The van der Waals surface area contributed by atoms with Crippen molar-refractivity contribution in [3.63, 3.8) is 0 Å². The summed E-state index contributed by atoms with van der Waals surface area (Å²) in [5.41, 5.74) is 0.526. The minimum atomic E-state index is -0.852. The summed E-state index contributed by atoms with van der Waals surface area (Å²) in [7, 11) is 0. The average Bonchev–Trinajstić information content (AvgIpc) is 2.47. The highest BCUT2D eigenvalue weighted by Gasteiger charge is 2.29. The van der Waals surface area contributed by atoms with Crippen LogP contribution in [0.5, 0.6) is 0 Å². The molecule has 2 atom stereocenters. The van der Waals surface area contributed by atoms with Crippen LogP contribution in [0.3, 0.4) is 0 Å². The zero-order valence-corrected chi connectivity index (χ0v) is 12.1. The number of benzene rings is 1. The SMILES string of the molecule is C[C@H](CC(=O)N1CCC[C@@H](C(=O)O)C1)c1ccccc1F. The van der Waals surface area contributed by atoms with Gasteiger partial charge in [0.15, 0.2) is 0 Å². The molecular weight excluding hydrogens is 273 g/mol. The van der Waals surface area contributed by atoms with Crippen LogP contribution < -0.4 is 0 Å². The molecule has 0 saturated carbocycles. The first-order valence-corrected chi connectivity index (χ1v) is 7.24. The standard InChI is InChI=1S/C16H20FNO3/c1-11(13-6-2-3-7-14(13)17)9-15(19)18-8-4-5-12(10-18)16(20)21/h2-3,6-7,11-12H,4-5,8-10H2,1H3,(H,20,21)/t11-,12-/m1/s1. The number of carboxylic acids is 1. The van der Waals surface area contributed by atoms with E-state index in [1.807, 2.05) is 6.92 Å². The molecule has 0 aromatic heterocycles. The number of carboxylic acid groups (broad SMARTS) is 1. The molecule has 0 aliphatic carbocycles. The van der Waals surface area contributed by atoms with Crippen molar-refractivity contribution in [3.05, 3.63) is 35.6 Å². The topological polar surface area (TPSA) is 57.6 Å². The summed E-state index contributed by atoms with van der Waals surface area (Å²) in [4.78, 5) is 24.9. The van der Waals surface area contributed by atoms with Crippen molar-refractivity contribution in [2.75, 3.05) is 13.1 Å². The van der Waals surface area contributed by atoms with Gasteiger partial charge in [-0.25, -0.2) is 4.39 Å². The molecule has 1 fully saturated rings. The highest BCUT2D eigenvalue weighted by Crippen LogP contribution is 2.24. The summed E-state index contributed by atoms with van der Waals surface area (Å²) in [5, 5.41) is 9.05. The number of amides is 1. The van der Waals surface area contributed by atoms with Crippen molar-refractivity contribution in [1.29, 1.82) is 0 Å². The third-order valence-electron chi connectivity index (χ3n) is 4.04. The summed E-state index contributed by atoms with van der Waals surface area (Å²) in [5.74, 6) is -1.96. The van der Waals surface area contributed by atoms with Crippen molar-refractivity contribution in [2.24, 2.45) is 5.92 Å². The number of rotatable bonds is 4. The summed E-state index contributed by atoms with van der Waals surface area (Å²) < 4.78 is 13.7. The van der Waals surface area contributed by atoms with E-state index in [1.54, 1.807) is 23.1 Å². The van der Waals surface area contributed by atoms with Crippen LogP contribution in [0.4, 0.5) is 4.39 Å². The zero-order chi connectivity index (χ0) is 15.4. The van der Waals surface area contributed by atoms with Gasteiger partial charge in [-0.2, -0.15) is 0 Å². The van der Waals surface area contributed by atoms with Gasteiger partial charge in [-0.3, -0.25) is 9.59 Å². The van der Waals surface area contributed by atoms with E-state index >= 15 is 0 Å². The molecule has 1 aliphatic heterocycles. The van der Waals surface area contributed by atoms with Crippen molar-refractivity contribution in [1.82, 2.24) is 4.90 Å². The van der Waals surface area contributed by atoms with Gasteiger partial charge in [0.05, 0.1) is 5.92 Å². The lowest BCUT2D eigenvalue weighted by Gasteiger charge is -2.31. The van der Waals surface area contributed by atoms with Gasteiger partial charge in [0.1, 0.15) is 5.82 Å². The normalized spacial score (nSPS) is 20.1. The van der Waals surface area contributed by atoms with E-state index in [2.05, 4.69) is 0 Å². The second kappa shape index (κ2) is 6.70. The molecule has 21 heavy (non-hydrogen) atoms. The molecule has 1 saturated heterocycles. The molecule has 0 unspecified atom stereocenters. The molecule has 1 heterocycles. The Morgan fingerprint density at radius 3 is 2.81 bits per heavy atom. The maximum atomic E-state index is 13.7. The number of carbonyl (C=O) groups is 2. The number of nitrogens with zero attached hydrogens (tertiary/aromatic N) is 1. The van der Waals surface area contributed by atoms with Crippen LogP contribution in [0.15, 0.2) is 24.3 Å². The van der Waals surface area contributed by atoms with Crippen LogP contribution in [-0.2, 0) is 9.59 Å². The van der Waals surface area contributed by atoms with Crippen LogP contribution in [0, 0.1) is 11.7 Å². The molecule has 1 aliphatic rings. The van der Waals surface area contributed by atoms with Crippen LogP contribution in [-0.4, -0.2) is 35.0 Å². The third-order valence-corrected chi connectivity index (χ3v) is 4.04. The summed E-state index contributed by atoms with van der Waals surface area (Å²) in [6, 6.07) is 6.44. The van der Waals surface area contributed by atoms with E-state index in [-0.39, 0.29) is 30.6 Å². The predicted molar refractivity (Wildman–Crippen MR) is 76.4 cm³/mol. The Kier molecular flexibility index (Phi) is 4.94. The van der Waals surface area contributed by atoms with Gasteiger partial charge in [-0.05, 0) is 30.4 Å². The number of aliphatic carboxylic acids is 1. The Morgan fingerprint density at radius 2 is 2.14 bits per heavy atom. The fourth-order valence-corrected chi connectivity index (χ4v) is 2.78. The van der Waals surface area contributed by atoms with E-state index in [4.69, 9.17) is 5.11 Å². The van der Waals surface area contributed by atoms with Gasteiger partial charge >= 0.3 is 5.97 Å². The Hall–Kier alpha value is -1.91. The zero-order valence-electron chi connectivity index (χ0n) is 12.1. The average molecular weight is 293 g/mol. The van der Waals surface area contributed by atoms with Crippen LogP contribution in [0.25, 0.3) is 0 Å². The van der Waals surface area contributed by atoms with Crippen molar-refractivity contribution < 1.29 is 19.1 Å². The van der Waals surface area contributed by atoms with E-state index in [0.717, 1.165) is 0 Å². The molecule has 4 nitrogen and oxygen atoms in total. The Bertz CT molecular complexity index is 532. The van der Waals surface area contributed by atoms with Crippen LogP contribution in [0.2, 0.25) is 0 Å². The Labute approximate surface area is 123 Å². The molecule has 0 spiro atoms. The molecule has 2 rings (SSSR count). The first-order chi connectivity index (χ1) is 9.99. The lowest BCUT2D eigenvalue weighted by molar-refractivity contribution is -0.145. The molecular formula is C16H20FNO3. The van der Waals surface area contributed by atoms with Gasteiger partial charge in [-0.1, -0.05) is 25.1 Å². The highest BCUT2D eigenvalue weighted by atomic mass is 19.1. The summed E-state index contributed by atoms with van der Waals surface area (Å²) >= 11 is 0. The monoisotopic (exact) mass is 293 g/mol. The maximum Gasteiger partial charge on any atom is 0.308 e. The molecule has 114 valence electrons. The van der Waals surface area contributed by atoms with Crippen molar-refractivity contribution in [3.8, 4) is 0 Å². The number of halogens is 1. The molecule has 5 heteroatoms. The largest absolute Gasteiger partial charge is 0.481 e. The number of hydrogen-bond donors (Lipinski definition) is 1. The van der Waals surface area contributed by atoms with Crippen LogP contribution in [0.1, 0.15) is 37.7 Å². The number of hydrogen-bond acceptors (Lipinski definition) is 2. The van der Waals surface area contributed by atoms with Gasteiger partial charge in [0.25, 0.3) is 0 Å². The lowest BCUT2D eigenvalue weighted by atomic mass is 9.94. The third kappa shape index (κ3) is 3.80. The fraction of sp³-hybridized carbons (Fsp3) is 0.500. The number of piperidine rings is 1. The van der Waals surface area contributed by atoms with Gasteiger partial charge < -0.3 is 10.0 Å².